The largest absolute Gasteiger partial charge is 0.297 e. The van der Waals surface area contributed by atoms with Crippen molar-refractivity contribution in [2.24, 2.45) is 11.8 Å². The van der Waals surface area contributed by atoms with E-state index < -0.39 is 0 Å². The number of benzene rings is 1. The van der Waals surface area contributed by atoms with Crippen molar-refractivity contribution in [1.29, 1.82) is 0 Å². The van der Waals surface area contributed by atoms with Gasteiger partial charge in [0.2, 0.25) is 0 Å². The molecule has 0 radical (unpaired) electrons. The second kappa shape index (κ2) is 8.07. The van der Waals surface area contributed by atoms with Crippen molar-refractivity contribution in [3.8, 4) is 0 Å². The van der Waals surface area contributed by atoms with Gasteiger partial charge in [-0.2, -0.15) is 0 Å². The van der Waals surface area contributed by atoms with Crippen molar-refractivity contribution >= 4 is 11.8 Å². The van der Waals surface area contributed by atoms with Crippen molar-refractivity contribution in [1.82, 2.24) is 4.90 Å². The summed E-state index contributed by atoms with van der Waals surface area (Å²) < 4.78 is 0. The number of piperidine rings is 1. The molecule has 2 heteroatoms. The summed E-state index contributed by atoms with van der Waals surface area (Å²) in [7, 11) is 0. The molecule has 23 heavy (non-hydrogen) atoms. The normalized spacial score (nSPS) is 28.9. The molecular formula is C21H33NS. The van der Waals surface area contributed by atoms with Crippen LogP contribution in [-0.4, -0.2) is 29.3 Å². The van der Waals surface area contributed by atoms with Crippen LogP contribution in [0.3, 0.4) is 0 Å². The van der Waals surface area contributed by atoms with Gasteiger partial charge >= 0.3 is 0 Å². The Bertz CT molecular complexity index is 486. The molecule has 1 nitrogen and oxygen atoms in total. The van der Waals surface area contributed by atoms with E-state index in [9.17, 15) is 0 Å². The second-order valence-corrected chi connectivity index (χ2v) is 8.77. The van der Waals surface area contributed by atoms with E-state index in [0.29, 0.717) is 0 Å². The summed E-state index contributed by atoms with van der Waals surface area (Å²) in [6, 6.07) is 10.7. The lowest BCUT2D eigenvalue weighted by Crippen LogP contribution is -2.45. The summed E-state index contributed by atoms with van der Waals surface area (Å²) in [5.74, 6) is 3.04. The fraction of sp³-hybridized carbons (Fsp3) is 0.714. The van der Waals surface area contributed by atoms with E-state index in [0.717, 1.165) is 30.3 Å². The van der Waals surface area contributed by atoms with E-state index in [4.69, 9.17) is 0 Å². The lowest BCUT2D eigenvalue weighted by atomic mass is 9.88. The lowest BCUT2D eigenvalue weighted by molar-refractivity contribution is 0.0904. The Labute approximate surface area is 147 Å². The second-order valence-electron chi connectivity index (χ2n) is 7.70. The number of hydrogen-bond donors (Lipinski definition) is 0. The lowest BCUT2D eigenvalue weighted by Gasteiger charge is -2.40. The van der Waals surface area contributed by atoms with E-state index >= 15 is 0 Å². The third kappa shape index (κ3) is 4.14. The molecule has 3 rings (SSSR count). The zero-order chi connectivity index (χ0) is 16.2. The molecule has 3 unspecified atom stereocenters. The number of rotatable bonds is 7. The molecule has 2 aliphatic heterocycles. The summed E-state index contributed by atoms with van der Waals surface area (Å²) in [6.07, 6.45) is 8.38. The molecule has 0 spiro atoms. The molecule has 2 heterocycles. The summed E-state index contributed by atoms with van der Waals surface area (Å²) in [4.78, 5) is 4.37. The number of aryl methyl sites for hydroxylation is 1. The highest BCUT2D eigenvalue weighted by Crippen LogP contribution is 2.40. The predicted octanol–water partition coefficient (Wildman–Crippen LogP) is 5.63. The third-order valence-corrected chi connectivity index (χ3v) is 7.40. The first-order chi connectivity index (χ1) is 11.2. The first-order valence-corrected chi connectivity index (χ1v) is 10.7. The van der Waals surface area contributed by atoms with Crippen molar-refractivity contribution in [2.45, 2.75) is 76.3 Å². The molecule has 2 bridgehead atoms. The van der Waals surface area contributed by atoms with Crippen LogP contribution in [0.1, 0.15) is 58.4 Å². The summed E-state index contributed by atoms with van der Waals surface area (Å²) in [5, 5.41) is 0. The number of hydrogen-bond acceptors (Lipinski definition) is 2. The summed E-state index contributed by atoms with van der Waals surface area (Å²) in [6.45, 7) is 8.41. The van der Waals surface area contributed by atoms with Gasteiger partial charge in [-0.1, -0.05) is 45.4 Å². The van der Waals surface area contributed by atoms with Gasteiger partial charge in [0, 0.05) is 29.3 Å². The van der Waals surface area contributed by atoms with Crippen molar-refractivity contribution in [2.75, 3.05) is 12.3 Å². The van der Waals surface area contributed by atoms with Gasteiger partial charge in [0.05, 0.1) is 0 Å². The molecule has 0 N–H and O–H groups in total. The minimum absolute atomic E-state index is 0.784. The zero-order valence-electron chi connectivity index (χ0n) is 15.1. The molecular weight excluding hydrogens is 298 g/mol. The van der Waals surface area contributed by atoms with Gasteiger partial charge in [-0.15, -0.1) is 11.8 Å². The smallest absolute Gasteiger partial charge is 0.0104 e. The maximum absolute atomic E-state index is 2.88. The van der Waals surface area contributed by atoms with Crippen molar-refractivity contribution < 1.29 is 0 Å². The number of nitrogens with zero attached hydrogens (tertiary/aromatic N) is 1. The SMILES string of the molecule is CCc1ccccc1SCC(C)CN1C2CC[C@H]1CC(CC)C2. The summed E-state index contributed by atoms with van der Waals surface area (Å²) in [5.41, 5.74) is 1.51. The number of thioether (sulfide) groups is 1. The Balaban J connectivity index is 1.51. The first-order valence-electron chi connectivity index (χ1n) is 9.67. The van der Waals surface area contributed by atoms with Gasteiger partial charge in [-0.3, -0.25) is 4.90 Å². The van der Waals surface area contributed by atoms with Crippen LogP contribution in [0.2, 0.25) is 0 Å². The Hall–Kier alpha value is -0.470. The molecule has 128 valence electrons. The maximum Gasteiger partial charge on any atom is 0.0104 e. The Morgan fingerprint density at radius 1 is 1.13 bits per heavy atom. The predicted molar refractivity (Wildman–Crippen MR) is 102 cm³/mol. The van der Waals surface area contributed by atoms with Gasteiger partial charge in [0.1, 0.15) is 0 Å². The van der Waals surface area contributed by atoms with Crippen LogP contribution in [0.4, 0.5) is 0 Å². The molecule has 2 saturated heterocycles. The highest BCUT2D eigenvalue weighted by molar-refractivity contribution is 7.99. The maximum atomic E-state index is 2.88. The van der Waals surface area contributed by atoms with E-state index in [2.05, 4.69) is 61.7 Å². The molecule has 1 aromatic rings. The monoisotopic (exact) mass is 331 g/mol. The fourth-order valence-corrected chi connectivity index (χ4v) is 5.74. The highest BCUT2D eigenvalue weighted by Gasteiger charge is 2.40. The van der Waals surface area contributed by atoms with E-state index in [-0.39, 0.29) is 0 Å². The van der Waals surface area contributed by atoms with Crippen LogP contribution in [0, 0.1) is 11.8 Å². The van der Waals surface area contributed by atoms with Crippen LogP contribution in [-0.2, 0) is 6.42 Å². The van der Waals surface area contributed by atoms with Crippen LogP contribution >= 0.6 is 11.8 Å². The van der Waals surface area contributed by atoms with Gasteiger partial charge in [-0.05, 0) is 55.6 Å². The van der Waals surface area contributed by atoms with E-state index in [1.165, 1.54) is 54.9 Å². The van der Waals surface area contributed by atoms with Gasteiger partial charge in [-0.25, -0.2) is 0 Å². The Kier molecular flexibility index (Phi) is 6.09. The molecule has 0 aliphatic carbocycles. The number of fused-ring (bicyclic) bond motifs is 2. The molecule has 4 atom stereocenters. The molecule has 1 aromatic carbocycles. The summed E-state index contributed by atoms with van der Waals surface area (Å²) >= 11 is 2.07. The Morgan fingerprint density at radius 3 is 2.48 bits per heavy atom. The molecule has 2 fully saturated rings. The first kappa shape index (κ1) is 17.4. The average Bonchev–Trinajstić information content (AvgIpc) is 2.82. The quantitative estimate of drug-likeness (QED) is 0.596. The van der Waals surface area contributed by atoms with Gasteiger partial charge in [0.15, 0.2) is 0 Å². The van der Waals surface area contributed by atoms with Crippen LogP contribution < -0.4 is 0 Å². The molecule has 0 aromatic heterocycles. The molecule has 0 saturated carbocycles. The minimum Gasteiger partial charge on any atom is -0.297 e. The fourth-order valence-electron chi connectivity index (χ4n) is 4.60. The molecule has 0 amide bonds. The zero-order valence-corrected chi connectivity index (χ0v) is 15.9. The van der Waals surface area contributed by atoms with Crippen molar-refractivity contribution in [3.63, 3.8) is 0 Å². The van der Waals surface area contributed by atoms with Crippen molar-refractivity contribution in [3.05, 3.63) is 29.8 Å². The standard InChI is InChI=1S/C21H33NS/c1-4-17-12-19-10-11-20(13-17)22(19)14-16(3)15-23-21-9-7-6-8-18(21)5-2/h6-9,16-17,19-20H,4-5,10-15H2,1-3H3/t16?,17?,19-,20?/m0/s1. The average molecular weight is 332 g/mol. The van der Waals surface area contributed by atoms with Gasteiger partial charge in [0.25, 0.3) is 0 Å². The van der Waals surface area contributed by atoms with Crippen LogP contribution in [0.15, 0.2) is 29.2 Å². The minimum atomic E-state index is 0.784. The topological polar surface area (TPSA) is 3.24 Å². The van der Waals surface area contributed by atoms with Gasteiger partial charge < -0.3 is 0 Å². The molecule has 2 aliphatic rings. The van der Waals surface area contributed by atoms with Crippen LogP contribution in [0.25, 0.3) is 0 Å². The third-order valence-electron chi connectivity index (χ3n) is 5.96. The van der Waals surface area contributed by atoms with E-state index in [1.54, 1.807) is 0 Å². The Morgan fingerprint density at radius 2 is 1.83 bits per heavy atom. The van der Waals surface area contributed by atoms with E-state index in [1.807, 2.05) is 0 Å². The highest BCUT2D eigenvalue weighted by atomic mass is 32.2. The van der Waals surface area contributed by atoms with Crippen LogP contribution in [0.5, 0.6) is 0 Å².